The van der Waals surface area contributed by atoms with Crippen molar-refractivity contribution in [3.05, 3.63) is 20.0 Å². The Morgan fingerprint density at radius 2 is 1.73 bits per heavy atom. The zero-order valence-corrected chi connectivity index (χ0v) is 9.03. The van der Waals surface area contributed by atoms with Crippen LogP contribution in [-0.2, 0) is 0 Å². The predicted octanol–water partition coefficient (Wildman–Crippen LogP) is 3.28. The van der Waals surface area contributed by atoms with Crippen LogP contribution in [0.5, 0.6) is 11.5 Å². The molecule has 11 heavy (non-hydrogen) atoms. The molecule has 0 amide bonds. The van der Waals surface area contributed by atoms with E-state index in [9.17, 15) is 5.11 Å². The zero-order chi connectivity index (χ0) is 8.59. The van der Waals surface area contributed by atoms with Gasteiger partial charge in [0.05, 0.1) is 9.50 Å². The van der Waals surface area contributed by atoms with Gasteiger partial charge in [-0.2, -0.15) is 0 Å². The van der Waals surface area contributed by atoms with E-state index in [1.54, 1.807) is 0 Å². The highest BCUT2D eigenvalue weighted by atomic mass is 79.9. The van der Waals surface area contributed by atoms with Gasteiger partial charge in [-0.1, -0.05) is 11.6 Å². The highest BCUT2D eigenvalue weighted by Crippen LogP contribution is 2.43. The molecule has 0 unspecified atom stereocenters. The summed E-state index contributed by atoms with van der Waals surface area (Å²) in [4.78, 5) is 0. The number of halogens is 3. The third kappa shape index (κ3) is 1.63. The number of rotatable bonds is 0. The molecular formula is C6H3Br2ClO2. The monoisotopic (exact) mass is 300 g/mol. The average molecular weight is 302 g/mol. The minimum atomic E-state index is -0.160. The predicted molar refractivity (Wildman–Crippen MR) is 50.2 cm³/mol. The lowest BCUT2D eigenvalue weighted by atomic mass is 10.3. The first-order valence-corrected chi connectivity index (χ1v) is 4.56. The van der Waals surface area contributed by atoms with Gasteiger partial charge < -0.3 is 10.2 Å². The summed E-state index contributed by atoms with van der Waals surface area (Å²) >= 11 is 11.6. The maximum Gasteiger partial charge on any atom is 0.152 e. The second-order valence-corrected chi connectivity index (χ2v) is 3.91. The molecule has 5 heteroatoms. The highest BCUT2D eigenvalue weighted by Gasteiger charge is 2.11. The Kier molecular flexibility index (Phi) is 2.67. The molecule has 1 aromatic rings. The fourth-order valence-electron chi connectivity index (χ4n) is 0.570. The maximum absolute atomic E-state index is 9.20. The number of phenolic OH excluding ortho intramolecular Hbond substituents is 2. The summed E-state index contributed by atoms with van der Waals surface area (Å²) < 4.78 is 0.629. The Labute approximate surface area is 85.1 Å². The Hall–Kier alpha value is 0.0700. The van der Waals surface area contributed by atoms with E-state index in [4.69, 9.17) is 16.7 Å². The Morgan fingerprint density at radius 1 is 1.18 bits per heavy atom. The number of benzene rings is 1. The summed E-state index contributed by atoms with van der Waals surface area (Å²) in [5.41, 5.74) is 0. The van der Waals surface area contributed by atoms with Gasteiger partial charge in [0.25, 0.3) is 0 Å². The van der Waals surface area contributed by atoms with Gasteiger partial charge >= 0.3 is 0 Å². The fraction of sp³-hybridized carbons (Fsp3) is 0. The molecule has 0 aromatic heterocycles. The first kappa shape index (κ1) is 9.16. The van der Waals surface area contributed by atoms with Crippen LogP contribution in [0.2, 0.25) is 5.02 Å². The van der Waals surface area contributed by atoms with Crippen molar-refractivity contribution in [1.82, 2.24) is 0 Å². The quantitative estimate of drug-likeness (QED) is 0.772. The molecule has 0 radical (unpaired) electrons. The first-order chi connectivity index (χ1) is 5.04. The Balaban J connectivity index is 3.46. The molecule has 1 aromatic carbocycles. The molecule has 0 spiro atoms. The van der Waals surface area contributed by atoms with Crippen molar-refractivity contribution in [3.63, 3.8) is 0 Å². The molecule has 60 valence electrons. The summed E-state index contributed by atoms with van der Waals surface area (Å²) in [6, 6.07) is 1.41. The van der Waals surface area contributed by atoms with Crippen LogP contribution < -0.4 is 0 Å². The Bertz CT molecular complexity index is 275. The van der Waals surface area contributed by atoms with E-state index < -0.39 is 0 Å². The lowest BCUT2D eigenvalue weighted by Gasteiger charge is -2.03. The van der Waals surface area contributed by atoms with Crippen molar-refractivity contribution >= 4 is 43.5 Å². The maximum atomic E-state index is 9.20. The van der Waals surface area contributed by atoms with Crippen molar-refractivity contribution in [2.45, 2.75) is 0 Å². The summed E-state index contributed by atoms with van der Waals surface area (Å²) in [5, 5.41) is 18.5. The van der Waals surface area contributed by atoms with E-state index in [0.717, 1.165) is 0 Å². The molecule has 0 atom stereocenters. The van der Waals surface area contributed by atoms with E-state index in [2.05, 4.69) is 31.9 Å². The van der Waals surface area contributed by atoms with Gasteiger partial charge in [-0.05, 0) is 37.9 Å². The standard InChI is InChI=1S/C6H3Br2ClO2/c7-2-1-3(9)6(11)4(8)5(2)10/h1,10-11H. The van der Waals surface area contributed by atoms with Crippen LogP contribution in [0.25, 0.3) is 0 Å². The molecule has 0 fully saturated rings. The van der Waals surface area contributed by atoms with E-state index >= 15 is 0 Å². The third-order valence-corrected chi connectivity index (χ3v) is 2.77. The zero-order valence-electron chi connectivity index (χ0n) is 5.11. The number of phenols is 2. The van der Waals surface area contributed by atoms with Gasteiger partial charge in [-0.3, -0.25) is 0 Å². The fourth-order valence-corrected chi connectivity index (χ4v) is 2.14. The molecular weight excluding hydrogens is 299 g/mol. The van der Waals surface area contributed by atoms with Gasteiger partial charge in [0.15, 0.2) is 5.75 Å². The molecule has 0 aliphatic heterocycles. The van der Waals surface area contributed by atoms with Crippen LogP contribution in [0.4, 0.5) is 0 Å². The van der Waals surface area contributed by atoms with Crippen molar-refractivity contribution in [2.75, 3.05) is 0 Å². The van der Waals surface area contributed by atoms with Crippen molar-refractivity contribution in [3.8, 4) is 11.5 Å². The van der Waals surface area contributed by atoms with Crippen LogP contribution in [0.1, 0.15) is 0 Å². The molecule has 0 aliphatic rings. The minimum Gasteiger partial charge on any atom is -0.505 e. The lowest BCUT2D eigenvalue weighted by molar-refractivity contribution is 0.442. The number of hydrogen-bond acceptors (Lipinski definition) is 2. The summed E-state index contributed by atoms with van der Waals surface area (Å²) in [6.45, 7) is 0. The molecule has 0 bridgehead atoms. The van der Waals surface area contributed by atoms with Crippen molar-refractivity contribution in [2.24, 2.45) is 0 Å². The van der Waals surface area contributed by atoms with Gasteiger partial charge in [0.2, 0.25) is 0 Å². The summed E-state index contributed by atoms with van der Waals surface area (Å²) in [6.07, 6.45) is 0. The molecule has 0 aliphatic carbocycles. The lowest BCUT2D eigenvalue weighted by Crippen LogP contribution is -1.75. The average Bonchev–Trinajstić information content (AvgIpc) is 1.97. The second kappa shape index (κ2) is 3.21. The van der Waals surface area contributed by atoms with E-state index in [1.807, 2.05) is 0 Å². The number of aromatic hydroxyl groups is 2. The van der Waals surface area contributed by atoms with Gasteiger partial charge in [0.1, 0.15) is 10.2 Å². The largest absolute Gasteiger partial charge is 0.505 e. The normalized spacial score (nSPS) is 10.1. The highest BCUT2D eigenvalue weighted by molar-refractivity contribution is 9.11. The Morgan fingerprint density at radius 3 is 2.27 bits per heavy atom. The molecule has 2 nitrogen and oxygen atoms in total. The van der Waals surface area contributed by atoms with Crippen LogP contribution >= 0.6 is 43.5 Å². The first-order valence-electron chi connectivity index (χ1n) is 2.59. The second-order valence-electron chi connectivity index (χ2n) is 1.85. The van der Waals surface area contributed by atoms with E-state index in [-0.39, 0.29) is 21.0 Å². The smallest absolute Gasteiger partial charge is 0.152 e. The molecule has 0 heterocycles. The van der Waals surface area contributed by atoms with Gasteiger partial charge in [-0.15, -0.1) is 0 Å². The van der Waals surface area contributed by atoms with Crippen LogP contribution in [0, 0.1) is 0 Å². The van der Waals surface area contributed by atoms with Crippen LogP contribution in [0.3, 0.4) is 0 Å². The topological polar surface area (TPSA) is 40.5 Å². The van der Waals surface area contributed by atoms with Crippen LogP contribution in [0.15, 0.2) is 15.0 Å². The van der Waals surface area contributed by atoms with Gasteiger partial charge in [0, 0.05) is 0 Å². The van der Waals surface area contributed by atoms with Crippen molar-refractivity contribution in [1.29, 1.82) is 0 Å². The van der Waals surface area contributed by atoms with Crippen LogP contribution in [-0.4, -0.2) is 10.2 Å². The van der Waals surface area contributed by atoms with E-state index in [1.165, 1.54) is 6.07 Å². The van der Waals surface area contributed by atoms with E-state index in [0.29, 0.717) is 4.47 Å². The van der Waals surface area contributed by atoms with Crippen molar-refractivity contribution < 1.29 is 10.2 Å². The van der Waals surface area contributed by atoms with Gasteiger partial charge in [-0.25, -0.2) is 0 Å². The third-order valence-electron chi connectivity index (χ3n) is 1.12. The molecule has 0 saturated carbocycles. The molecule has 2 N–H and O–H groups in total. The summed E-state index contributed by atoms with van der Waals surface area (Å²) in [5.74, 6) is -0.223. The number of hydrogen-bond donors (Lipinski definition) is 2. The minimum absolute atomic E-state index is 0.0631. The summed E-state index contributed by atoms with van der Waals surface area (Å²) in [7, 11) is 0. The SMILES string of the molecule is Oc1c(Cl)cc(Br)c(O)c1Br. The molecule has 0 saturated heterocycles. The molecule has 1 rings (SSSR count).